The SMILES string of the molecule is C=C[C@@H]1[C@H](C(=O)OC)[C@H]2c3c(c4ccccc4n3C)CCN12. The van der Waals surface area contributed by atoms with Crippen molar-refractivity contribution in [3.63, 3.8) is 0 Å². The molecule has 0 aliphatic carbocycles. The van der Waals surface area contributed by atoms with Crippen molar-refractivity contribution in [2.24, 2.45) is 13.0 Å². The van der Waals surface area contributed by atoms with Crippen molar-refractivity contribution in [1.82, 2.24) is 9.47 Å². The molecule has 4 heteroatoms. The van der Waals surface area contributed by atoms with Crippen molar-refractivity contribution >= 4 is 16.9 Å². The van der Waals surface area contributed by atoms with Gasteiger partial charge in [0, 0.05) is 36.2 Å². The van der Waals surface area contributed by atoms with E-state index in [2.05, 4.69) is 47.4 Å². The summed E-state index contributed by atoms with van der Waals surface area (Å²) in [5.74, 6) is -0.284. The van der Waals surface area contributed by atoms with Crippen LogP contribution in [-0.4, -0.2) is 35.1 Å². The van der Waals surface area contributed by atoms with Crippen LogP contribution < -0.4 is 0 Å². The minimum atomic E-state index is -0.149. The Balaban J connectivity index is 1.89. The Labute approximate surface area is 130 Å². The molecule has 1 fully saturated rings. The Hall–Kier alpha value is -2.07. The average Bonchev–Trinajstić information content (AvgIpc) is 2.81. The summed E-state index contributed by atoms with van der Waals surface area (Å²) in [6, 6.07) is 8.67. The third kappa shape index (κ3) is 1.53. The van der Waals surface area contributed by atoms with Crippen LogP contribution in [0.2, 0.25) is 0 Å². The van der Waals surface area contributed by atoms with Crippen LogP contribution in [0.1, 0.15) is 17.3 Å². The van der Waals surface area contributed by atoms with Gasteiger partial charge in [-0.05, 0) is 18.1 Å². The number of fused-ring (bicyclic) bond motifs is 5. The minimum Gasteiger partial charge on any atom is -0.469 e. The van der Waals surface area contributed by atoms with Gasteiger partial charge in [0.05, 0.1) is 19.1 Å². The van der Waals surface area contributed by atoms with E-state index in [4.69, 9.17) is 4.74 Å². The minimum absolute atomic E-state index is 0.0867. The fourth-order valence-corrected chi connectivity index (χ4v) is 4.36. The van der Waals surface area contributed by atoms with Crippen LogP contribution in [0, 0.1) is 5.92 Å². The monoisotopic (exact) mass is 296 g/mol. The van der Waals surface area contributed by atoms with Gasteiger partial charge in [-0.25, -0.2) is 0 Å². The number of aromatic nitrogens is 1. The molecule has 3 atom stereocenters. The van der Waals surface area contributed by atoms with Crippen molar-refractivity contribution in [3.8, 4) is 0 Å². The van der Waals surface area contributed by atoms with Crippen LogP contribution in [0.5, 0.6) is 0 Å². The zero-order valence-electron chi connectivity index (χ0n) is 13.0. The predicted molar refractivity (Wildman–Crippen MR) is 85.6 cm³/mol. The molecule has 22 heavy (non-hydrogen) atoms. The number of methoxy groups -OCH3 is 1. The van der Waals surface area contributed by atoms with Gasteiger partial charge in [0.1, 0.15) is 0 Å². The standard InChI is InChI=1S/C18H20N2O2/c1-4-13-15(18(21)22-3)17-16-12(9-10-20(13)17)11-7-5-6-8-14(11)19(16)2/h4-8,13,15,17H,1,9-10H2,2-3H3/t13-,15+,17+/m1/s1. The Kier molecular flexibility index (Phi) is 2.91. The van der Waals surface area contributed by atoms with Gasteiger partial charge in [-0.1, -0.05) is 24.3 Å². The number of esters is 1. The van der Waals surface area contributed by atoms with E-state index in [1.807, 2.05) is 6.08 Å². The lowest BCUT2D eigenvalue weighted by Crippen LogP contribution is -2.62. The van der Waals surface area contributed by atoms with E-state index in [1.54, 1.807) is 0 Å². The molecule has 3 heterocycles. The molecule has 0 saturated carbocycles. The van der Waals surface area contributed by atoms with Crippen LogP contribution in [0.3, 0.4) is 0 Å². The van der Waals surface area contributed by atoms with Gasteiger partial charge >= 0.3 is 5.97 Å². The van der Waals surface area contributed by atoms with E-state index < -0.39 is 0 Å². The number of benzene rings is 1. The summed E-state index contributed by atoms with van der Waals surface area (Å²) in [5.41, 5.74) is 3.89. The average molecular weight is 296 g/mol. The lowest BCUT2D eigenvalue weighted by molar-refractivity contribution is -0.163. The molecule has 2 aromatic rings. The first-order valence-electron chi connectivity index (χ1n) is 7.71. The fourth-order valence-electron chi connectivity index (χ4n) is 4.36. The molecular formula is C18H20N2O2. The molecule has 4 nitrogen and oxygen atoms in total. The van der Waals surface area contributed by atoms with Gasteiger partial charge in [0.15, 0.2) is 0 Å². The quantitative estimate of drug-likeness (QED) is 0.630. The van der Waals surface area contributed by atoms with Gasteiger partial charge in [0.25, 0.3) is 0 Å². The molecular weight excluding hydrogens is 276 g/mol. The maximum Gasteiger partial charge on any atom is 0.312 e. The number of nitrogens with zero attached hydrogens (tertiary/aromatic N) is 2. The van der Waals surface area contributed by atoms with Crippen molar-refractivity contribution in [2.45, 2.75) is 18.5 Å². The highest BCUT2D eigenvalue weighted by molar-refractivity contribution is 5.87. The Morgan fingerprint density at radius 2 is 2.18 bits per heavy atom. The van der Waals surface area contributed by atoms with E-state index in [0.717, 1.165) is 13.0 Å². The molecule has 0 unspecified atom stereocenters. The molecule has 1 saturated heterocycles. The third-order valence-corrected chi connectivity index (χ3v) is 5.32. The second-order valence-electron chi connectivity index (χ2n) is 6.15. The molecule has 0 N–H and O–H groups in total. The number of para-hydroxylation sites is 1. The zero-order valence-corrected chi connectivity index (χ0v) is 13.0. The van der Waals surface area contributed by atoms with E-state index in [0.29, 0.717) is 0 Å². The predicted octanol–water partition coefficient (Wildman–Crippen LogP) is 2.43. The third-order valence-electron chi connectivity index (χ3n) is 5.32. The fraction of sp³-hybridized carbons (Fsp3) is 0.389. The first-order valence-corrected chi connectivity index (χ1v) is 7.71. The van der Waals surface area contributed by atoms with Gasteiger partial charge < -0.3 is 9.30 Å². The van der Waals surface area contributed by atoms with Crippen molar-refractivity contribution < 1.29 is 9.53 Å². The molecule has 0 radical (unpaired) electrons. The number of carbonyl (C=O) groups is 1. The van der Waals surface area contributed by atoms with E-state index in [-0.39, 0.29) is 24.0 Å². The molecule has 4 rings (SSSR count). The van der Waals surface area contributed by atoms with Gasteiger partial charge in [-0.3, -0.25) is 9.69 Å². The molecule has 0 amide bonds. The lowest BCUT2D eigenvalue weighted by atomic mass is 9.74. The van der Waals surface area contributed by atoms with Gasteiger partial charge in [0.2, 0.25) is 0 Å². The highest BCUT2D eigenvalue weighted by atomic mass is 16.5. The maximum atomic E-state index is 12.2. The lowest BCUT2D eigenvalue weighted by Gasteiger charge is -2.55. The number of ether oxygens (including phenoxy) is 1. The molecule has 114 valence electrons. The number of rotatable bonds is 2. The number of carbonyl (C=O) groups excluding carboxylic acids is 1. The molecule has 1 aromatic carbocycles. The summed E-state index contributed by atoms with van der Waals surface area (Å²) in [7, 11) is 3.57. The van der Waals surface area contributed by atoms with Crippen molar-refractivity contribution in [2.75, 3.05) is 13.7 Å². The van der Waals surface area contributed by atoms with E-state index >= 15 is 0 Å². The summed E-state index contributed by atoms with van der Waals surface area (Å²) in [6.07, 6.45) is 2.90. The number of hydrogen-bond donors (Lipinski definition) is 0. The summed E-state index contributed by atoms with van der Waals surface area (Å²) >= 11 is 0. The smallest absolute Gasteiger partial charge is 0.312 e. The van der Waals surface area contributed by atoms with Crippen LogP contribution in [0.15, 0.2) is 36.9 Å². The van der Waals surface area contributed by atoms with Crippen LogP contribution in [0.4, 0.5) is 0 Å². The topological polar surface area (TPSA) is 34.5 Å². The zero-order chi connectivity index (χ0) is 15.4. The summed E-state index contributed by atoms with van der Waals surface area (Å²) in [6.45, 7) is 4.87. The first-order chi connectivity index (χ1) is 10.7. The van der Waals surface area contributed by atoms with E-state index in [9.17, 15) is 4.79 Å². The Morgan fingerprint density at radius 3 is 2.91 bits per heavy atom. The second-order valence-corrected chi connectivity index (χ2v) is 6.15. The molecule has 0 bridgehead atoms. The maximum absolute atomic E-state index is 12.2. The molecule has 2 aliphatic rings. The number of hydrogen-bond acceptors (Lipinski definition) is 3. The molecule has 1 aromatic heterocycles. The highest BCUT2D eigenvalue weighted by Crippen LogP contribution is 2.50. The Bertz CT molecular complexity index is 777. The normalized spacial score (nSPS) is 26.9. The molecule has 2 aliphatic heterocycles. The van der Waals surface area contributed by atoms with Crippen molar-refractivity contribution in [3.05, 3.63) is 48.2 Å². The van der Waals surface area contributed by atoms with Gasteiger partial charge in [-0.15, -0.1) is 6.58 Å². The second kappa shape index (κ2) is 4.71. The highest BCUT2D eigenvalue weighted by Gasteiger charge is 2.55. The van der Waals surface area contributed by atoms with Crippen LogP contribution >= 0.6 is 0 Å². The largest absolute Gasteiger partial charge is 0.469 e. The van der Waals surface area contributed by atoms with Crippen LogP contribution in [0.25, 0.3) is 10.9 Å². The van der Waals surface area contributed by atoms with Gasteiger partial charge in [-0.2, -0.15) is 0 Å². The van der Waals surface area contributed by atoms with Crippen LogP contribution in [-0.2, 0) is 23.0 Å². The summed E-state index contributed by atoms with van der Waals surface area (Å²) in [4.78, 5) is 14.6. The number of aryl methyl sites for hydroxylation is 1. The summed E-state index contributed by atoms with van der Waals surface area (Å²) in [5, 5.41) is 1.31. The van der Waals surface area contributed by atoms with Crippen molar-refractivity contribution in [1.29, 1.82) is 0 Å². The Morgan fingerprint density at radius 1 is 1.41 bits per heavy atom. The molecule has 0 spiro atoms. The first kappa shape index (κ1) is 13.6. The van der Waals surface area contributed by atoms with E-state index in [1.165, 1.54) is 29.3 Å². The summed E-state index contributed by atoms with van der Waals surface area (Å²) < 4.78 is 7.29.